The van der Waals surface area contributed by atoms with Crippen molar-refractivity contribution in [2.75, 3.05) is 33.4 Å². The fourth-order valence-electron chi connectivity index (χ4n) is 2.07. The maximum atomic E-state index is 11.7. The van der Waals surface area contributed by atoms with Crippen LogP contribution in [0.2, 0.25) is 0 Å². The average molecular weight is 290 g/mol. The zero-order chi connectivity index (χ0) is 14.9. The molecule has 2 aromatic rings. The first-order chi connectivity index (χ1) is 10.3. The summed E-state index contributed by atoms with van der Waals surface area (Å²) in [4.78, 5) is 11.7. The molecule has 5 heteroatoms. The molecule has 0 aliphatic heterocycles. The summed E-state index contributed by atoms with van der Waals surface area (Å²) in [6.07, 6.45) is 1.06. The molecule has 5 nitrogen and oxygen atoms in total. The van der Waals surface area contributed by atoms with Crippen LogP contribution < -0.4 is 10.6 Å². The van der Waals surface area contributed by atoms with Gasteiger partial charge in [-0.1, -0.05) is 18.2 Å². The van der Waals surface area contributed by atoms with E-state index in [0.717, 1.165) is 29.8 Å². The van der Waals surface area contributed by atoms with Crippen molar-refractivity contribution in [3.63, 3.8) is 0 Å². The molecule has 0 saturated carbocycles. The molecule has 1 aromatic carbocycles. The Balaban J connectivity index is 1.64. The number of carbonyl (C=O) groups excluding carboxylic acids is 1. The third-order valence-electron chi connectivity index (χ3n) is 3.18. The van der Waals surface area contributed by atoms with E-state index < -0.39 is 0 Å². The van der Waals surface area contributed by atoms with Crippen molar-refractivity contribution >= 4 is 16.9 Å². The number of carbonyl (C=O) groups is 1. The summed E-state index contributed by atoms with van der Waals surface area (Å²) in [6.45, 7) is 2.85. The van der Waals surface area contributed by atoms with Gasteiger partial charge in [0.1, 0.15) is 11.3 Å². The van der Waals surface area contributed by atoms with Gasteiger partial charge in [0.05, 0.1) is 6.61 Å². The number of ether oxygens (including phenoxy) is 1. The maximum absolute atomic E-state index is 11.7. The standard InChI is InChI=1S/C16H22N2O3/c1-20-11-10-17-8-9-18-16(19)7-6-14-12-13-4-2-3-5-15(13)21-14/h2-5,12,17H,6-11H2,1H3,(H,18,19). The van der Waals surface area contributed by atoms with Gasteiger partial charge in [0.15, 0.2) is 0 Å². The molecule has 0 bridgehead atoms. The number of hydrogen-bond acceptors (Lipinski definition) is 4. The molecule has 0 aliphatic carbocycles. The number of furan rings is 1. The minimum Gasteiger partial charge on any atom is -0.461 e. The molecular weight excluding hydrogens is 268 g/mol. The molecule has 0 unspecified atom stereocenters. The molecule has 114 valence electrons. The van der Waals surface area contributed by atoms with Gasteiger partial charge in [-0.2, -0.15) is 0 Å². The highest BCUT2D eigenvalue weighted by atomic mass is 16.5. The second-order valence-corrected chi connectivity index (χ2v) is 4.84. The maximum Gasteiger partial charge on any atom is 0.220 e. The Morgan fingerprint density at radius 2 is 2.10 bits per heavy atom. The molecule has 0 spiro atoms. The van der Waals surface area contributed by atoms with E-state index in [9.17, 15) is 4.79 Å². The van der Waals surface area contributed by atoms with Crippen LogP contribution in [0.1, 0.15) is 12.2 Å². The van der Waals surface area contributed by atoms with Gasteiger partial charge in [-0.25, -0.2) is 0 Å². The third-order valence-corrected chi connectivity index (χ3v) is 3.18. The number of nitrogens with one attached hydrogen (secondary N) is 2. The molecule has 1 heterocycles. The van der Waals surface area contributed by atoms with Crippen LogP contribution in [-0.2, 0) is 16.0 Å². The van der Waals surface area contributed by atoms with Crippen molar-refractivity contribution in [3.8, 4) is 0 Å². The van der Waals surface area contributed by atoms with E-state index in [2.05, 4.69) is 10.6 Å². The van der Waals surface area contributed by atoms with Crippen molar-refractivity contribution in [2.24, 2.45) is 0 Å². The number of fused-ring (bicyclic) bond motifs is 1. The monoisotopic (exact) mass is 290 g/mol. The highest BCUT2D eigenvalue weighted by Crippen LogP contribution is 2.19. The van der Waals surface area contributed by atoms with Gasteiger partial charge in [0, 0.05) is 45.0 Å². The van der Waals surface area contributed by atoms with E-state index in [1.165, 1.54) is 0 Å². The molecule has 1 amide bonds. The van der Waals surface area contributed by atoms with Crippen molar-refractivity contribution in [1.29, 1.82) is 0 Å². The van der Waals surface area contributed by atoms with Crippen LogP contribution in [0.5, 0.6) is 0 Å². The quantitative estimate of drug-likeness (QED) is 0.690. The molecule has 0 fully saturated rings. The third kappa shape index (κ3) is 5.21. The summed E-state index contributed by atoms with van der Waals surface area (Å²) in [5.41, 5.74) is 0.871. The minimum absolute atomic E-state index is 0.0454. The number of benzene rings is 1. The summed E-state index contributed by atoms with van der Waals surface area (Å²) in [5.74, 6) is 0.897. The number of methoxy groups -OCH3 is 1. The molecule has 21 heavy (non-hydrogen) atoms. The van der Waals surface area contributed by atoms with Crippen LogP contribution >= 0.6 is 0 Å². The Hall–Kier alpha value is -1.85. The number of para-hydroxylation sites is 1. The zero-order valence-electron chi connectivity index (χ0n) is 12.4. The predicted molar refractivity (Wildman–Crippen MR) is 82.3 cm³/mol. The Morgan fingerprint density at radius 1 is 1.24 bits per heavy atom. The number of hydrogen-bond donors (Lipinski definition) is 2. The fourth-order valence-corrected chi connectivity index (χ4v) is 2.07. The number of aryl methyl sites for hydroxylation is 1. The second-order valence-electron chi connectivity index (χ2n) is 4.84. The molecular formula is C16H22N2O3. The van der Waals surface area contributed by atoms with Gasteiger partial charge in [-0.3, -0.25) is 4.79 Å². The van der Waals surface area contributed by atoms with E-state index >= 15 is 0 Å². The summed E-state index contributed by atoms with van der Waals surface area (Å²) in [6, 6.07) is 9.86. The van der Waals surface area contributed by atoms with Crippen LogP contribution in [-0.4, -0.2) is 39.3 Å². The first kappa shape index (κ1) is 15.5. The fraction of sp³-hybridized carbons (Fsp3) is 0.438. The van der Waals surface area contributed by atoms with Crippen molar-refractivity contribution in [1.82, 2.24) is 10.6 Å². The number of rotatable bonds is 9. The zero-order valence-corrected chi connectivity index (χ0v) is 12.4. The van der Waals surface area contributed by atoms with E-state index in [-0.39, 0.29) is 5.91 Å². The van der Waals surface area contributed by atoms with Gasteiger partial charge in [-0.15, -0.1) is 0 Å². The summed E-state index contributed by atoms with van der Waals surface area (Å²) in [5, 5.41) is 7.13. The second kappa shape index (κ2) is 8.44. The van der Waals surface area contributed by atoms with Gasteiger partial charge >= 0.3 is 0 Å². The van der Waals surface area contributed by atoms with Crippen LogP contribution in [0.3, 0.4) is 0 Å². The minimum atomic E-state index is 0.0454. The van der Waals surface area contributed by atoms with E-state index in [1.807, 2.05) is 30.3 Å². The lowest BCUT2D eigenvalue weighted by Crippen LogP contribution is -2.33. The first-order valence-corrected chi connectivity index (χ1v) is 7.23. The Kier molecular flexibility index (Phi) is 6.24. The van der Waals surface area contributed by atoms with E-state index in [4.69, 9.17) is 9.15 Å². The van der Waals surface area contributed by atoms with Crippen LogP contribution in [0, 0.1) is 0 Å². The molecule has 2 N–H and O–H groups in total. The summed E-state index contributed by atoms with van der Waals surface area (Å²) >= 11 is 0. The first-order valence-electron chi connectivity index (χ1n) is 7.23. The van der Waals surface area contributed by atoms with E-state index in [1.54, 1.807) is 7.11 Å². The largest absolute Gasteiger partial charge is 0.461 e. The molecule has 0 radical (unpaired) electrons. The van der Waals surface area contributed by atoms with Crippen LogP contribution in [0.25, 0.3) is 11.0 Å². The SMILES string of the molecule is COCCNCCNC(=O)CCc1cc2ccccc2o1. The van der Waals surface area contributed by atoms with Gasteiger partial charge in [-0.05, 0) is 12.1 Å². The normalized spacial score (nSPS) is 10.9. The lowest BCUT2D eigenvalue weighted by molar-refractivity contribution is -0.121. The summed E-state index contributed by atoms with van der Waals surface area (Å²) in [7, 11) is 1.67. The molecule has 0 aliphatic rings. The van der Waals surface area contributed by atoms with E-state index in [0.29, 0.717) is 26.0 Å². The smallest absolute Gasteiger partial charge is 0.220 e. The highest BCUT2D eigenvalue weighted by molar-refractivity contribution is 5.78. The average Bonchev–Trinajstić information content (AvgIpc) is 2.91. The molecule has 2 rings (SSSR count). The van der Waals surface area contributed by atoms with Crippen molar-refractivity contribution in [3.05, 3.63) is 36.1 Å². The highest BCUT2D eigenvalue weighted by Gasteiger charge is 2.06. The van der Waals surface area contributed by atoms with Crippen molar-refractivity contribution in [2.45, 2.75) is 12.8 Å². The van der Waals surface area contributed by atoms with Gasteiger partial charge < -0.3 is 19.8 Å². The Morgan fingerprint density at radius 3 is 2.90 bits per heavy atom. The summed E-state index contributed by atoms with van der Waals surface area (Å²) < 4.78 is 10.6. The molecule has 0 atom stereocenters. The molecule has 1 aromatic heterocycles. The number of amides is 1. The van der Waals surface area contributed by atoms with Gasteiger partial charge in [0.25, 0.3) is 0 Å². The van der Waals surface area contributed by atoms with Crippen LogP contribution in [0.15, 0.2) is 34.7 Å². The Bertz CT molecular complexity index is 532. The van der Waals surface area contributed by atoms with Crippen LogP contribution in [0.4, 0.5) is 0 Å². The molecule has 0 saturated heterocycles. The van der Waals surface area contributed by atoms with Crippen molar-refractivity contribution < 1.29 is 13.9 Å². The lowest BCUT2D eigenvalue weighted by Gasteiger charge is -2.06. The van der Waals surface area contributed by atoms with Gasteiger partial charge in [0.2, 0.25) is 5.91 Å². The Labute approximate surface area is 124 Å². The topological polar surface area (TPSA) is 63.5 Å². The lowest BCUT2D eigenvalue weighted by atomic mass is 10.2. The predicted octanol–water partition coefficient (Wildman–Crippen LogP) is 1.72.